The summed E-state index contributed by atoms with van der Waals surface area (Å²) in [4.78, 5) is 0. The molecule has 1 aromatic heterocycles. The molecule has 1 heterocycles. The van der Waals surface area contributed by atoms with Crippen LogP contribution in [-0.2, 0) is 24.1 Å². The summed E-state index contributed by atoms with van der Waals surface area (Å²) < 4.78 is 8.07. The third-order valence-electron chi connectivity index (χ3n) is 4.68. The number of likely N-dealkylation sites (N-methyl/N-ethyl adjacent to an activating group) is 1. The van der Waals surface area contributed by atoms with E-state index in [1.54, 1.807) is 0 Å². The van der Waals surface area contributed by atoms with Crippen LogP contribution in [0, 0.1) is 0 Å². The molecular weight excluding hydrogens is 262 g/mol. The van der Waals surface area contributed by atoms with Gasteiger partial charge in [0.15, 0.2) is 0 Å². The van der Waals surface area contributed by atoms with E-state index in [1.807, 2.05) is 7.11 Å². The van der Waals surface area contributed by atoms with E-state index in [2.05, 4.69) is 55.8 Å². The van der Waals surface area contributed by atoms with Gasteiger partial charge in [-0.15, -0.1) is 0 Å². The van der Waals surface area contributed by atoms with Crippen molar-refractivity contribution in [2.24, 2.45) is 0 Å². The Bertz CT molecular complexity index is 402. The molecule has 0 aliphatic carbocycles. The monoisotopic (exact) mass is 295 g/mol. The van der Waals surface area contributed by atoms with Gasteiger partial charge in [0.25, 0.3) is 0 Å². The van der Waals surface area contributed by atoms with Gasteiger partial charge >= 0.3 is 0 Å². The maximum Gasteiger partial charge on any atom is 0.0829 e. The molecule has 0 aliphatic heterocycles. The smallest absolute Gasteiger partial charge is 0.0829 e. The number of hydrogen-bond acceptors (Lipinski definition) is 3. The third-order valence-corrected chi connectivity index (χ3v) is 4.68. The molecule has 0 amide bonds. The van der Waals surface area contributed by atoms with Gasteiger partial charge in [-0.25, -0.2) is 0 Å². The van der Waals surface area contributed by atoms with Gasteiger partial charge in [0.2, 0.25) is 0 Å². The van der Waals surface area contributed by atoms with Crippen molar-refractivity contribution in [1.82, 2.24) is 15.1 Å². The fourth-order valence-corrected chi connectivity index (χ4v) is 3.20. The van der Waals surface area contributed by atoms with Gasteiger partial charge < -0.3 is 10.1 Å². The zero-order valence-electron chi connectivity index (χ0n) is 14.7. The van der Waals surface area contributed by atoms with Crippen LogP contribution in [0.1, 0.15) is 58.8 Å². The maximum atomic E-state index is 5.94. The van der Waals surface area contributed by atoms with E-state index in [0.717, 1.165) is 38.8 Å². The van der Waals surface area contributed by atoms with Crippen LogP contribution in [0.5, 0.6) is 0 Å². The number of rotatable bonds is 10. The van der Waals surface area contributed by atoms with Gasteiger partial charge in [0.1, 0.15) is 0 Å². The number of nitrogens with zero attached hydrogens (tertiary/aromatic N) is 2. The van der Waals surface area contributed by atoms with Crippen LogP contribution in [-0.4, -0.2) is 35.1 Å². The van der Waals surface area contributed by atoms with Crippen LogP contribution >= 0.6 is 0 Å². The van der Waals surface area contributed by atoms with Crippen LogP contribution in [0.3, 0.4) is 0 Å². The van der Waals surface area contributed by atoms with E-state index < -0.39 is 0 Å². The first kappa shape index (κ1) is 18.2. The van der Waals surface area contributed by atoms with Gasteiger partial charge in [0.05, 0.1) is 11.3 Å². The predicted molar refractivity (Wildman–Crippen MR) is 88.8 cm³/mol. The molecule has 1 rings (SSSR count). The molecule has 0 saturated heterocycles. The number of aryl methyl sites for hydroxylation is 2. The molecule has 1 atom stereocenters. The van der Waals surface area contributed by atoms with Crippen molar-refractivity contribution in [3.63, 3.8) is 0 Å². The summed E-state index contributed by atoms with van der Waals surface area (Å²) >= 11 is 0. The molecule has 4 heteroatoms. The maximum absolute atomic E-state index is 5.94. The Morgan fingerprint density at radius 1 is 1.24 bits per heavy atom. The van der Waals surface area contributed by atoms with Gasteiger partial charge in [0, 0.05) is 31.8 Å². The zero-order chi connectivity index (χ0) is 15.9. The summed E-state index contributed by atoms with van der Waals surface area (Å²) in [6.07, 6.45) is 3.98. The van der Waals surface area contributed by atoms with Gasteiger partial charge in [-0.3, -0.25) is 4.68 Å². The highest BCUT2D eigenvalue weighted by Crippen LogP contribution is 2.27. The molecule has 0 aliphatic rings. The van der Waals surface area contributed by atoms with Crippen molar-refractivity contribution in [3.05, 3.63) is 17.5 Å². The van der Waals surface area contributed by atoms with Crippen molar-refractivity contribution in [1.29, 1.82) is 0 Å². The summed E-state index contributed by atoms with van der Waals surface area (Å²) in [7, 11) is 1.84. The van der Waals surface area contributed by atoms with Gasteiger partial charge in [-0.2, -0.15) is 5.10 Å². The van der Waals surface area contributed by atoms with Crippen LogP contribution in [0.2, 0.25) is 0 Å². The minimum absolute atomic E-state index is 0.106. The minimum atomic E-state index is -0.106. The second-order valence-electron chi connectivity index (χ2n) is 5.59. The fourth-order valence-electron chi connectivity index (χ4n) is 3.20. The lowest BCUT2D eigenvalue weighted by Gasteiger charge is -2.39. The second-order valence-corrected chi connectivity index (χ2v) is 5.59. The predicted octanol–water partition coefficient (Wildman–Crippen LogP) is 3.19. The first-order valence-electron chi connectivity index (χ1n) is 8.44. The first-order valence-corrected chi connectivity index (χ1v) is 8.44. The number of aromatic nitrogens is 2. The summed E-state index contributed by atoms with van der Waals surface area (Å²) in [5, 5.41) is 8.31. The third kappa shape index (κ3) is 4.07. The molecule has 1 aromatic rings. The second kappa shape index (κ2) is 8.54. The molecule has 122 valence electrons. The quantitative estimate of drug-likeness (QED) is 0.720. The van der Waals surface area contributed by atoms with Crippen LogP contribution in [0.4, 0.5) is 0 Å². The molecule has 0 bridgehead atoms. The average molecular weight is 295 g/mol. The summed E-state index contributed by atoms with van der Waals surface area (Å²) in [5.74, 6) is 0. The van der Waals surface area contributed by atoms with E-state index in [1.165, 1.54) is 11.4 Å². The van der Waals surface area contributed by atoms with Gasteiger partial charge in [-0.05, 0) is 38.8 Å². The lowest BCUT2D eigenvalue weighted by Crippen LogP contribution is -2.53. The van der Waals surface area contributed by atoms with E-state index in [4.69, 9.17) is 4.74 Å². The Morgan fingerprint density at radius 2 is 1.90 bits per heavy atom. The van der Waals surface area contributed by atoms with Crippen molar-refractivity contribution in [3.8, 4) is 0 Å². The highest BCUT2D eigenvalue weighted by Gasteiger charge is 2.35. The molecule has 0 aromatic carbocycles. The van der Waals surface area contributed by atoms with E-state index >= 15 is 0 Å². The number of ether oxygens (including phenoxy) is 1. The lowest BCUT2D eigenvalue weighted by atomic mass is 9.85. The number of hydrogen-bond donors (Lipinski definition) is 1. The van der Waals surface area contributed by atoms with Crippen molar-refractivity contribution < 1.29 is 4.74 Å². The molecule has 0 radical (unpaired) electrons. The SMILES string of the molecule is CCNC(Cc1cc(CC)nn1CC)C(CC)(CC)OC. The van der Waals surface area contributed by atoms with Crippen molar-refractivity contribution in [2.75, 3.05) is 13.7 Å². The molecule has 1 N–H and O–H groups in total. The summed E-state index contributed by atoms with van der Waals surface area (Å²) in [5.41, 5.74) is 2.38. The minimum Gasteiger partial charge on any atom is -0.377 e. The fraction of sp³-hybridized carbons (Fsp3) is 0.824. The molecule has 0 spiro atoms. The summed E-state index contributed by atoms with van der Waals surface area (Å²) in [6, 6.07) is 2.56. The van der Waals surface area contributed by atoms with E-state index in [0.29, 0.717) is 6.04 Å². The van der Waals surface area contributed by atoms with E-state index in [-0.39, 0.29) is 5.60 Å². The standard InChI is InChI=1S/C17H33N3O/c1-7-14-12-15(20(11-5)19-14)13-16(18-10-4)17(8-2,9-3)21-6/h12,16,18H,7-11,13H2,1-6H3. The number of nitrogens with one attached hydrogen (secondary N) is 1. The molecule has 1 unspecified atom stereocenters. The Kier molecular flexibility index (Phi) is 7.40. The van der Waals surface area contributed by atoms with Crippen LogP contribution < -0.4 is 5.32 Å². The van der Waals surface area contributed by atoms with Crippen molar-refractivity contribution >= 4 is 0 Å². The molecule has 0 fully saturated rings. The number of methoxy groups -OCH3 is 1. The highest BCUT2D eigenvalue weighted by atomic mass is 16.5. The first-order chi connectivity index (χ1) is 10.1. The molecular formula is C17H33N3O. The van der Waals surface area contributed by atoms with Crippen LogP contribution in [0.15, 0.2) is 6.07 Å². The normalized spacial score (nSPS) is 13.6. The Hall–Kier alpha value is -0.870. The van der Waals surface area contributed by atoms with Crippen molar-refractivity contribution in [2.45, 2.75) is 78.5 Å². The molecule has 21 heavy (non-hydrogen) atoms. The van der Waals surface area contributed by atoms with E-state index in [9.17, 15) is 0 Å². The Morgan fingerprint density at radius 3 is 2.33 bits per heavy atom. The Balaban J connectivity index is 3.04. The molecule has 0 saturated carbocycles. The van der Waals surface area contributed by atoms with Gasteiger partial charge in [-0.1, -0.05) is 27.7 Å². The Labute approximate surface area is 130 Å². The zero-order valence-corrected chi connectivity index (χ0v) is 14.7. The largest absolute Gasteiger partial charge is 0.377 e. The highest BCUT2D eigenvalue weighted by molar-refractivity contribution is 5.13. The van der Waals surface area contributed by atoms with Crippen LogP contribution in [0.25, 0.3) is 0 Å². The lowest BCUT2D eigenvalue weighted by molar-refractivity contribution is -0.0472. The molecule has 4 nitrogen and oxygen atoms in total. The topological polar surface area (TPSA) is 39.1 Å². The average Bonchev–Trinajstić information content (AvgIpc) is 2.92. The summed E-state index contributed by atoms with van der Waals surface area (Å²) in [6.45, 7) is 12.8.